The molecule has 0 saturated carbocycles. The van der Waals surface area contributed by atoms with Gasteiger partial charge in [0, 0.05) is 18.4 Å². The lowest BCUT2D eigenvalue weighted by atomic mass is 10.0. The Kier molecular flexibility index (Phi) is 6.68. The van der Waals surface area contributed by atoms with Gasteiger partial charge in [-0.25, -0.2) is 4.79 Å². The van der Waals surface area contributed by atoms with Gasteiger partial charge in [-0.2, -0.15) is 0 Å². The lowest BCUT2D eigenvalue weighted by molar-refractivity contribution is -0.154. The molecule has 0 unspecified atom stereocenters. The Morgan fingerprint density at radius 1 is 0.714 bits per heavy atom. The van der Waals surface area contributed by atoms with Crippen LogP contribution in [0, 0.1) is 0 Å². The predicted molar refractivity (Wildman–Crippen MR) is 108 cm³/mol. The highest BCUT2D eigenvalue weighted by Gasteiger charge is 2.15. The van der Waals surface area contributed by atoms with Crippen molar-refractivity contribution in [1.29, 1.82) is 0 Å². The molecule has 0 saturated heterocycles. The fourth-order valence-electron chi connectivity index (χ4n) is 2.98. The smallest absolute Gasteiger partial charge is 0.374 e. The minimum atomic E-state index is -0.815. The van der Waals surface area contributed by atoms with Crippen LogP contribution >= 0.6 is 0 Å². The first-order valence-corrected chi connectivity index (χ1v) is 9.39. The summed E-state index contributed by atoms with van der Waals surface area (Å²) in [7, 11) is 0. The van der Waals surface area contributed by atoms with Crippen LogP contribution in [-0.2, 0) is 20.9 Å². The first-order valence-electron chi connectivity index (χ1n) is 9.39. The van der Waals surface area contributed by atoms with Crippen molar-refractivity contribution in [1.82, 2.24) is 0 Å². The van der Waals surface area contributed by atoms with Crippen LogP contribution in [-0.4, -0.2) is 17.5 Å². The minimum absolute atomic E-state index is 0.0462. The molecule has 0 N–H and O–H groups in total. The Bertz CT molecular complexity index is 976. The number of carbonyl (C=O) groups excluding carboxylic acids is 3. The third kappa shape index (κ3) is 5.36. The highest BCUT2D eigenvalue weighted by molar-refractivity contribution is 6.33. The van der Waals surface area contributed by atoms with Gasteiger partial charge in [-0.1, -0.05) is 66.7 Å². The predicted octanol–water partition coefficient (Wildman–Crippen LogP) is 4.90. The topological polar surface area (TPSA) is 60.4 Å². The maximum atomic E-state index is 12.3. The number of Topliss-reactive ketones (excluding diaryl/α,β-unsaturated/α-hetero) is 2. The van der Waals surface area contributed by atoms with Gasteiger partial charge < -0.3 is 4.74 Å². The van der Waals surface area contributed by atoms with Gasteiger partial charge in [-0.3, -0.25) is 9.59 Å². The summed E-state index contributed by atoms with van der Waals surface area (Å²) in [5.74, 6) is -1.32. The Balaban J connectivity index is 1.39. The van der Waals surface area contributed by atoms with E-state index in [0.717, 1.165) is 16.3 Å². The van der Waals surface area contributed by atoms with E-state index in [2.05, 4.69) is 0 Å². The summed E-state index contributed by atoms with van der Waals surface area (Å²) in [4.78, 5) is 36.0. The molecule has 0 heterocycles. The summed E-state index contributed by atoms with van der Waals surface area (Å²) >= 11 is 0. The molecule has 0 radical (unpaired) electrons. The van der Waals surface area contributed by atoms with Crippen molar-refractivity contribution in [2.75, 3.05) is 0 Å². The average molecular weight is 374 g/mol. The number of ether oxygens (including phenoxy) is 1. The SMILES string of the molecule is O=C(CCCCC(=O)c1ccc2ccccc2c1)C(=O)OCc1ccccc1. The van der Waals surface area contributed by atoms with Gasteiger partial charge in [0.05, 0.1) is 0 Å². The number of unbranched alkanes of at least 4 members (excludes halogenated alkanes) is 1. The first-order chi connectivity index (χ1) is 13.6. The molecule has 0 spiro atoms. The maximum absolute atomic E-state index is 12.3. The monoisotopic (exact) mass is 374 g/mol. The zero-order valence-electron chi connectivity index (χ0n) is 15.6. The third-order valence-corrected chi connectivity index (χ3v) is 4.57. The molecular weight excluding hydrogens is 352 g/mol. The molecule has 0 aliphatic rings. The quantitative estimate of drug-likeness (QED) is 0.231. The van der Waals surface area contributed by atoms with Crippen LogP contribution in [0.1, 0.15) is 41.6 Å². The third-order valence-electron chi connectivity index (χ3n) is 4.57. The number of carbonyl (C=O) groups is 3. The molecule has 28 heavy (non-hydrogen) atoms. The maximum Gasteiger partial charge on any atom is 0.374 e. The van der Waals surface area contributed by atoms with Gasteiger partial charge in [0.2, 0.25) is 5.78 Å². The van der Waals surface area contributed by atoms with E-state index in [0.29, 0.717) is 24.8 Å². The fourth-order valence-corrected chi connectivity index (χ4v) is 2.98. The van der Waals surface area contributed by atoms with E-state index in [1.807, 2.05) is 72.8 Å². The Labute approximate surface area is 164 Å². The summed E-state index contributed by atoms with van der Waals surface area (Å²) in [6, 6.07) is 22.8. The number of hydrogen-bond acceptors (Lipinski definition) is 4. The van der Waals surface area contributed by atoms with Crippen molar-refractivity contribution in [2.45, 2.75) is 32.3 Å². The summed E-state index contributed by atoms with van der Waals surface area (Å²) in [6.45, 7) is 0.0891. The molecule has 4 nitrogen and oxygen atoms in total. The Morgan fingerprint density at radius 2 is 1.39 bits per heavy atom. The number of ketones is 2. The summed E-state index contributed by atoms with van der Waals surface area (Å²) in [6.07, 6.45) is 1.49. The highest BCUT2D eigenvalue weighted by Crippen LogP contribution is 2.17. The van der Waals surface area contributed by atoms with Crippen molar-refractivity contribution in [3.8, 4) is 0 Å². The number of benzene rings is 3. The zero-order valence-corrected chi connectivity index (χ0v) is 15.6. The normalized spacial score (nSPS) is 10.6. The molecule has 0 amide bonds. The largest absolute Gasteiger partial charge is 0.455 e. The molecule has 3 rings (SSSR count). The lowest BCUT2D eigenvalue weighted by Gasteiger charge is -2.05. The van der Waals surface area contributed by atoms with Gasteiger partial charge in [0.1, 0.15) is 6.61 Å². The van der Waals surface area contributed by atoms with Crippen molar-refractivity contribution in [3.63, 3.8) is 0 Å². The van der Waals surface area contributed by atoms with E-state index in [1.54, 1.807) is 0 Å². The van der Waals surface area contributed by atoms with E-state index in [9.17, 15) is 14.4 Å². The molecule has 0 fully saturated rings. The molecule has 4 heteroatoms. The van der Waals surface area contributed by atoms with Crippen LogP contribution in [0.25, 0.3) is 10.8 Å². The average Bonchev–Trinajstić information content (AvgIpc) is 2.75. The minimum Gasteiger partial charge on any atom is -0.455 e. The second kappa shape index (κ2) is 9.60. The molecule has 0 aliphatic carbocycles. The molecule has 0 aromatic heterocycles. The van der Waals surface area contributed by atoms with Crippen LogP contribution in [0.15, 0.2) is 72.8 Å². The second-order valence-electron chi connectivity index (χ2n) is 6.68. The summed E-state index contributed by atoms with van der Waals surface area (Å²) in [5.41, 5.74) is 1.51. The summed E-state index contributed by atoms with van der Waals surface area (Å²) in [5, 5.41) is 2.13. The zero-order chi connectivity index (χ0) is 19.8. The van der Waals surface area contributed by atoms with Crippen molar-refractivity contribution < 1.29 is 19.1 Å². The van der Waals surface area contributed by atoms with Crippen LogP contribution in [0.3, 0.4) is 0 Å². The number of rotatable bonds is 9. The Morgan fingerprint density at radius 3 is 2.18 bits per heavy atom. The van der Waals surface area contributed by atoms with Crippen LogP contribution in [0.2, 0.25) is 0 Å². The van der Waals surface area contributed by atoms with Gasteiger partial charge >= 0.3 is 5.97 Å². The van der Waals surface area contributed by atoms with E-state index in [1.165, 1.54) is 0 Å². The molecular formula is C24H22O4. The van der Waals surface area contributed by atoms with E-state index in [4.69, 9.17) is 4.74 Å². The number of esters is 1. The molecule has 0 atom stereocenters. The van der Waals surface area contributed by atoms with Crippen LogP contribution < -0.4 is 0 Å². The van der Waals surface area contributed by atoms with Crippen molar-refractivity contribution in [2.24, 2.45) is 0 Å². The van der Waals surface area contributed by atoms with E-state index in [-0.39, 0.29) is 18.8 Å². The lowest BCUT2D eigenvalue weighted by Crippen LogP contribution is -2.17. The highest BCUT2D eigenvalue weighted by atomic mass is 16.5. The number of fused-ring (bicyclic) bond motifs is 1. The standard InChI is InChI=1S/C24H22O4/c25-22(21-15-14-19-10-4-5-11-20(19)16-21)12-6-7-13-23(26)24(27)28-17-18-8-2-1-3-9-18/h1-5,8-11,14-16H,6-7,12-13,17H2. The first kappa shape index (κ1) is 19.5. The molecule has 0 bridgehead atoms. The van der Waals surface area contributed by atoms with Gasteiger partial charge in [-0.05, 0) is 35.2 Å². The fraction of sp³-hybridized carbons (Fsp3) is 0.208. The van der Waals surface area contributed by atoms with Crippen molar-refractivity contribution >= 4 is 28.3 Å². The van der Waals surface area contributed by atoms with Gasteiger partial charge in [0.25, 0.3) is 0 Å². The van der Waals surface area contributed by atoms with Crippen LogP contribution in [0.5, 0.6) is 0 Å². The van der Waals surface area contributed by atoms with E-state index >= 15 is 0 Å². The molecule has 3 aromatic carbocycles. The second-order valence-corrected chi connectivity index (χ2v) is 6.68. The van der Waals surface area contributed by atoms with Gasteiger partial charge in [-0.15, -0.1) is 0 Å². The van der Waals surface area contributed by atoms with Gasteiger partial charge in [0.15, 0.2) is 5.78 Å². The van der Waals surface area contributed by atoms with E-state index < -0.39 is 11.8 Å². The molecule has 3 aromatic rings. The Hall–Kier alpha value is -3.27. The molecule has 0 aliphatic heterocycles. The summed E-state index contributed by atoms with van der Waals surface area (Å²) < 4.78 is 5.02. The molecule has 142 valence electrons. The van der Waals surface area contributed by atoms with Crippen LogP contribution in [0.4, 0.5) is 0 Å². The number of hydrogen-bond donors (Lipinski definition) is 0. The van der Waals surface area contributed by atoms with Crippen molar-refractivity contribution in [3.05, 3.63) is 83.9 Å².